The van der Waals surface area contributed by atoms with E-state index in [1.54, 1.807) is 24.3 Å². The van der Waals surface area contributed by atoms with Crippen molar-refractivity contribution in [3.05, 3.63) is 70.0 Å². The molecular weight excluding hydrogens is 360 g/mol. The Morgan fingerprint density at radius 2 is 1.82 bits per heavy atom. The molecule has 0 radical (unpaired) electrons. The zero-order valence-corrected chi connectivity index (χ0v) is 15.8. The Morgan fingerprint density at radius 1 is 1.07 bits per heavy atom. The summed E-state index contributed by atoms with van der Waals surface area (Å²) in [6.45, 7) is 1.64. The van der Waals surface area contributed by atoms with Crippen LogP contribution in [0.15, 0.2) is 53.3 Å². The van der Waals surface area contributed by atoms with Crippen LogP contribution in [0.5, 0.6) is 5.75 Å². The molecule has 0 saturated carbocycles. The second kappa shape index (κ2) is 7.96. The third-order valence-corrected chi connectivity index (χ3v) is 4.39. The highest BCUT2D eigenvalue weighted by Crippen LogP contribution is 2.26. The van der Waals surface area contributed by atoms with Gasteiger partial charge in [0.1, 0.15) is 12.3 Å². The first-order chi connectivity index (χ1) is 13.4. The van der Waals surface area contributed by atoms with Crippen molar-refractivity contribution in [2.45, 2.75) is 13.5 Å². The molecule has 28 heavy (non-hydrogen) atoms. The van der Waals surface area contributed by atoms with Crippen LogP contribution in [-0.2, 0) is 16.1 Å². The first-order valence-electron chi connectivity index (χ1n) is 8.60. The van der Waals surface area contributed by atoms with Crippen molar-refractivity contribution in [2.24, 2.45) is 0 Å². The Balaban J connectivity index is 1.94. The van der Waals surface area contributed by atoms with Gasteiger partial charge in [0.2, 0.25) is 5.91 Å². The summed E-state index contributed by atoms with van der Waals surface area (Å²) in [7, 11) is 2.81. The molecule has 1 aromatic heterocycles. The molecule has 1 N–H and O–H groups in total. The third-order valence-electron chi connectivity index (χ3n) is 4.39. The van der Waals surface area contributed by atoms with Crippen LogP contribution in [0.2, 0.25) is 0 Å². The van der Waals surface area contributed by atoms with Gasteiger partial charge in [0.05, 0.1) is 25.3 Å². The van der Waals surface area contributed by atoms with Crippen molar-refractivity contribution in [1.29, 1.82) is 0 Å². The van der Waals surface area contributed by atoms with Crippen LogP contribution in [0.3, 0.4) is 0 Å². The summed E-state index contributed by atoms with van der Waals surface area (Å²) < 4.78 is 11.4. The second-order valence-corrected chi connectivity index (χ2v) is 6.23. The molecular formula is C21H20N2O5. The summed E-state index contributed by atoms with van der Waals surface area (Å²) in [4.78, 5) is 36.8. The highest BCUT2D eigenvalue weighted by Gasteiger charge is 2.14. The van der Waals surface area contributed by atoms with Gasteiger partial charge in [-0.15, -0.1) is 0 Å². The number of carbonyl (C=O) groups is 2. The number of carbonyl (C=O) groups excluding carboxylic acids is 2. The number of nitrogens with zero attached hydrogens (tertiary/aromatic N) is 1. The number of anilines is 1. The quantitative estimate of drug-likeness (QED) is 0.688. The number of rotatable bonds is 5. The van der Waals surface area contributed by atoms with Gasteiger partial charge in [-0.1, -0.05) is 18.2 Å². The first kappa shape index (κ1) is 19.2. The van der Waals surface area contributed by atoms with E-state index in [1.165, 1.54) is 30.9 Å². The van der Waals surface area contributed by atoms with Gasteiger partial charge in [-0.25, -0.2) is 4.79 Å². The second-order valence-electron chi connectivity index (χ2n) is 6.23. The minimum absolute atomic E-state index is 0.196. The molecule has 0 spiro atoms. The van der Waals surface area contributed by atoms with Crippen LogP contribution in [0.4, 0.5) is 5.69 Å². The maximum Gasteiger partial charge on any atom is 0.337 e. The van der Waals surface area contributed by atoms with Crippen LogP contribution in [0, 0.1) is 6.92 Å². The summed E-state index contributed by atoms with van der Waals surface area (Å²) in [5.74, 6) is -0.388. The van der Waals surface area contributed by atoms with E-state index in [0.717, 1.165) is 10.9 Å². The number of aryl methyl sites for hydroxylation is 1. The average molecular weight is 380 g/mol. The van der Waals surface area contributed by atoms with Gasteiger partial charge in [0, 0.05) is 17.1 Å². The Bertz CT molecular complexity index is 1120. The lowest BCUT2D eigenvalue weighted by atomic mass is 10.1. The number of nitrogens with one attached hydrogen (secondary N) is 1. The minimum Gasteiger partial charge on any atom is -0.495 e. The number of aromatic nitrogens is 1. The molecule has 7 heteroatoms. The predicted molar refractivity (Wildman–Crippen MR) is 106 cm³/mol. The fraction of sp³-hybridized carbons (Fsp3) is 0.190. The highest BCUT2D eigenvalue weighted by atomic mass is 16.5. The number of esters is 1. The van der Waals surface area contributed by atoms with Gasteiger partial charge >= 0.3 is 5.97 Å². The minimum atomic E-state index is -0.499. The smallest absolute Gasteiger partial charge is 0.337 e. The Morgan fingerprint density at radius 3 is 2.54 bits per heavy atom. The number of fused-ring (bicyclic) bond motifs is 1. The highest BCUT2D eigenvalue weighted by molar-refractivity contribution is 5.95. The van der Waals surface area contributed by atoms with Gasteiger partial charge in [-0.2, -0.15) is 0 Å². The van der Waals surface area contributed by atoms with Crippen LogP contribution in [0.1, 0.15) is 15.9 Å². The normalized spacial score (nSPS) is 10.5. The summed E-state index contributed by atoms with van der Waals surface area (Å²) in [6.07, 6.45) is 0. The number of benzene rings is 2. The Hall–Kier alpha value is -3.61. The van der Waals surface area contributed by atoms with Crippen molar-refractivity contribution in [1.82, 2.24) is 4.57 Å². The van der Waals surface area contributed by atoms with E-state index in [-0.39, 0.29) is 12.1 Å². The van der Waals surface area contributed by atoms with Gasteiger partial charge in [-0.3, -0.25) is 14.2 Å². The Kier molecular flexibility index (Phi) is 5.44. The van der Waals surface area contributed by atoms with E-state index in [2.05, 4.69) is 10.1 Å². The van der Waals surface area contributed by atoms with E-state index < -0.39 is 11.9 Å². The molecule has 0 fully saturated rings. The molecule has 1 heterocycles. The molecule has 144 valence electrons. The maximum atomic E-state index is 12.6. The van der Waals surface area contributed by atoms with Crippen molar-refractivity contribution in [2.75, 3.05) is 19.5 Å². The van der Waals surface area contributed by atoms with Crippen molar-refractivity contribution in [3.63, 3.8) is 0 Å². The lowest BCUT2D eigenvalue weighted by Crippen LogP contribution is -2.28. The number of ether oxygens (including phenoxy) is 2. The molecule has 7 nitrogen and oxygen atoms in total. The third kappa shape index (κ3) is 3.73. The van der Waals surface area contributed by atoms with Gasteiger partial charge < -0.3 is 14.8 Å². The van der Waals surface area contributed by atoms with Crippen molar-refractivity contribution < 1.29 is 19.1 Å². The molecule has 0 aliphatic heterocycles. The number of pyridine rings is 1. The van der Waals surface area contributed by atoms with Crippen molar-refractivity contribution >= 4 is 28.5 Å². The summed E-state index contributed by atoms with van der Waals surface area (Å²) >= 11 is 0. The standard InChI is InChI=1S/C21H20N2O5/c1-13-10-19(25)23(20-16(13)8-5-9-17(20)27-2)12-18(24)22-15-7-4-6-14(11-15)21(26)28-3/h4-11H,12H2,1-3H3,(H,22,24). The zero-order chi connectivity index (χ0) is 20.3. The summed E-state index contributed by atoms with van der Waals surface area (Å²) in [6, 6.07) is 13.3. The molecule has 0 saturated heterocycles. The van der Waals surface area contributed by atoms with E-state index in [9.17, 15) is 14.4 Å². The van der Waals surface area contributed by atoms with E-state index in [1.807, 2.05) is 19.1 Å². The molecule has 1 amide bonds. The van der Waals surface area contributed by atoms with Crippen LogP contribution < -0.4 is 15.6 Å². The van der Waals surface area contributed by atoms with E-state index in [4.69, 9.17) is 4.74 Å². The molecule has 2 aromatic carbocycles. The Labute approximate surface area is 161 Å². The van der Waals surface area contributed by atoms with Gasteiger partial charge in [0.15, 0.2) is 0 Å². The van der Waals surface area contributed by atoms with E-state index in [0.29, 0.717) is 22.5 Å². The fourth-order valence-corrected chi connectivity index (χ4v) is 3.08. The lowest BCUT2D eigenvalue weighted by molar-refractivity contribution is -0.116. The topological polar surface area (TPSA) is 86.6 Å². The number of hydrogen-bond donors (Lipinski definition) is 1. The predicted octanol–water partition coefficient (Wildman–Crippen LogP) is 2.74. The van der Waals surface area contributed by atoms with Gasteiger partial charge in [-0.05, 0) is 36.8 Å². The molecule has 0 aliphatic rings. The number of methoxy groups -OCH3 is 2. The van der Waals surface area contributed by atoms with Crippen LogP contribution >= 0.6 is 0 Å². The van der Waals surface area contributed by atoms with E-state index >= 15 is 0 Å². The van der Waals surface area contributed by atoms with Crippen LogP contribution in [-0.4, -0.2) is 30.7 Å². The average Bonchev–Trinajstić information content (AvgIpc) is 2.70. The first-order valence-corrected chi connectivity index (χ1v) is 8.60. The largest absolute Gasteiger partial charge is 0.495 e. The maximum absolute atomic E-state index is 12.6. The number of amides is 1. The molecule has 0 bridgehead atoms. The van der Waals surface area contributed by atoms with Crippen LogP contribution in [0.25, 0.3) is 10.9 Å². The number of hydrogen-bond acceptors (Lipinski definition) is 5. The summed E-state index contributed by atoms with van der Waals surface area (Å²) in [5, 5.41) is 3.54. The fourth-order valence-electron chi connectivity index (χ4n) is 3.08. The number of para-hydroxylation sites is 1. The summed E-state index contributed by atoms with van der Waals surface area (Å²) in [5.41, 5.74) is 1.83. The molecule has 3 rings (SSSR count). The van der Waals surface area contributed by atoms with Gasteiger partial charge in [0.25, 0.3) is 5.56 Å². The molecule has 0 unspecified atom stereocenters. The SMILES string of the molecule is COC(=O)c1cccc(NC(=O)Cn2c(=O)cc(C)c3cccc(OC)c32)c1. The molecule has 0 atom stereocenters. The molecule has 0 aliphatic carbocycles. The monoisotopic (exact) mass is 380 g/mol. The van der Waals surface area contributed by atoms with Crippen molar-refractivity contribution in [3.8, 4) is 5.75 Å². The molecule has 3 aromatic rings. The lowest BCUT2D eigenvalue weighted by Gasteiger charge is -2.15. The zero-order valence-electron chi connectivity index (χ0n) is 15.8.